The molecule has 9 nitrogen and oxygen atoms in total. The van der Waals surface area contributed by atoms with E-state index in [1.54, 1.807) is 6.33 Å². The molecular formula is C22H37N5O4SSi. The van der Waals surface area contributed by atoms with Gasteiger partial charge in [0.2, 0.25) is 0 Å². The monoisotopic (exact) mass is 495 g/mol. The number of nitrogens with zero attached hydrogens (tertiary/aromatic N) is 3. The number of nitrogens with two attached hydrogens (primary N) is 1. The van der Waals surface area contributed by atoms with Crippen molar-refractivity contribution < 1.29 is 17.0 Å². The second-order valence-electron chi connectivity index (χ2n) is 11.1. The van der Waals surface area contributed by atoms with Gasteiger partial charge in [-0.2, -0.15) is 8.42 Å². The van der Waals surface area contributed by atoms with Crippen LogP contribution in [0.3, 0.4) is 0 Å². The van der Waals surface area contributed by atoms with Crippen molar-refractivity contribution in [2.24, 2.45) is 17.0 Å². The molecule has 0 bridgehead atoms. The van der Waals surface area contributed by atoms with E-state index in [2.05, 4.69) is 66.0 Å². The lowest BCUT2D eigenvalue weighted by Gasteiger charge is -2.39. The highest BCUT2D eigenvalue weighted by Gasteiger charge is 2.45. The van der Waals surface area contributed by atoms with Crippen molar-refractivity contribution >= 4 is 35.5 Å². The topological polar surface area (TPSA) is 121 Å². The smallest absolute Gasteiger partial charge is 0.333 e. The van der Waals surface area contributed by atoms with E-state index in [1.807, 2.05) is 0 Å². The second-order valence-corrected chi connectivity index (χ2v) is 17.1. The Morgan fingerprint density at radius 1 is 1.24 bits per heavy atom. The van der Waals surface area contributed by atoms with Crippen LogP contribution in [0.15, 0.2) is 18.6 Å². The lowest BCUT2D eigenvalue weighted by molar-refractivity contribution is 0.108. The van der Waals surface area contributed by atoms with Gasteiger partial charge in [0, 0.05) is 24.7 Å². The second kappa shape index (κ2) is 8.92. The van der Waals surface area contributed by atoms with Crippen molar-refractivity contribution in [3.63, 3.8) is 0 Å². The maximum absolute atomic E-state index is 11.5. The first-order valence-corrected chi connectivity index (χ1v) is 16.1. The Labute approximate surface area is 197 Å². The summed E-state index contributed by atoms with van der Waals surface area (Å²) in [5, 5.41) is 9.64. The van der Waals surface area contributed by atoms with Gasteiger partial charge in [0.1, 0.15) is 17.8 Å². The molecule has 33 heavy (non-hydrogen) atoms. The van der Waals surface area contributed by atoms with Crippen LogP contribution in [0.5, 0.6) is 0 Å². The van der Waals surface area contributed by atoms with Crippen molar-refractivity contribution in [3.05, 3.63) is 18.6 Å². The molecule has 184 valence electrons. The van der Waals surface area contributed by atoms with Crippen LogP contribution in [0, 0.1) is 11.8 Å². The van der Waals surface area contributed by atoms with Gasteiger partial charge in [-0.3, -0.25) is 4.18 Å². The molecule has 3 atom stereocenters. The van der Waals surface area contributed by atoms with E-state index in [1.165, 1.54) is 12.8 Å². The summed E-state index contributed by atoms with van der Waals surface area (Å²) in [6, 6.07) is 2.18. The molecule has 0 radical (unpaired) electrons. The number of rotatable bonds is 9. The fraction of sp³-hybridized carbons (Fsp3) is 0.727. The number of hydrogen-bond donors (Lipinski definition) is 2. The van der Waals surface area contributed by atoms with E-state index in [-0.39, 0.29) is 29.7 Å². The van der Waals surface area contributed by atoms with E-state index in [0.717, 1.165) is 42.2 Å². The van der Waals surface area contributed by atoms with Crippen molar-refractivity contribution in [2.45, 2.75) is 76.7 Å². The summed E-state index contributed by atoms with van der Waals surface area (Å²) in [4.78, 5) is 9.02. The van der Waals surface area contributed by atoms with Gasteiger partial charge in [0.05, 0.1) is 18.1 Å². The summed E-state index contributed by atoms with van der Waals surface area (Å²) >= 11 is 0. The average molecular weight is 496 g/mol. The highest BCUT2D eigenvalue weighted by molar-refractivity contribution is 7.84. The van der Waals surface area contributed by atoms with Gasteiger partial charge in [-0.25, -0.2) is 15.1 Å². The normalized spacial score (nSPS) is 24.5. The Kier molecular flexibility index (Phi) is 6.64. The number of nitrogens with one attached hydrogen (secondary N) is 1. The van der Waals surface area contributed by atoms with Gasteiger partial charge in [0.25, 0.3) is 0 Å². The molecule has 2 fully saturated rings. The third-order valence-corrected chi connectivity index (χ3v) is 12.4. The van der Waals surface area contributed by atoms with Crippen molar-refractivity contribution in [1.29, 1.82) is 0 Å². The van der Waals surface area contributed by atoms with Crippen molar-refractivity contribution in [3.8, 4) is 0 Å². The Morgan fingerprint density at radius 2 is 1.97 bits per heavy atom. The summed E-state index contributed by atoms with van der Waals surface area (Å²) < 4.78 is 36.9. The quantitative estimate of drug-likeness (QED) is 0.507. The molecule has 0 aliphatic heterocycles. The Hall–Kier alpha value is -1.53. The highest BCUT2D eigenvalue weighted by atomic mass is 32.2. The summed E-state index contributed by atoms with van der Waals surface area (Å²) in [5.74, 6) is 1.54. The maximum atomic E-state index is 11.5. The van der Waals surface area contributed by atoms with Crippen LogP contribution in [0.25, 0.3) is 11.0 Å². The molecule has 2 aliphatic rings. The fourth-order valence-corrected chi connectivity index (χ4v) is 6.08. The van der Waals surface area contributed by atoms with Crippen molar-refractivity contribution in [1.82, 2.24) is 14.5 Å². The highest BCUT2D eigenvalue weighted by Crippen LogP contribution is 2.44. The van der Waals surface area contributed by atoms with Gasteiger partial charge in [-0.1, -0.05) is 20.8 Å². The van der Waals surface area contributed by atoms with Gasteiger partial charge >= 0.3 is 10.3 Å². The first kappa shape index (κ1) is 24.6. The first-order chi connectivity index (χ1) is 15.3. The Bertz CT molecular complexity index is 1090. The molecule has 2 saturated carbocycles. The molecule has 2 aromatic rings. The fourth-order valence-electron chi connectivity index (χ4n) is 4.31. The zero-order valence-electron chi connectivity index (χ0n) is 20.2. The molecule has 2 aliphatic carbocycles. The largest absolute Gasteiger partial charge is 0.413 e. The third kappa shape index (κ3) is 5.76. The molecule has 0 amide bonds. The standard InChI is InChI=1S/C22H37N5O4SSi/c1-22(2,3)33(4,5)31-19-11-17(10-16(19)13-30-32(23,28)29)27-9-8-18-20(24-12-15-6-7-15)25-14-26-21(18)27/h8-9,14-17,19H,6-7,10-13H2,1-5H3,(H2,23,28,29)(H,24,25,26). The van der Waals surface area contributed by atoms with Crippen molar-refractivity contribution in [2.75, 3.05) is 18.5 Å². The summed E-state index contributed by atoms with van der Waals surface area (Å²) in [6.07, 6.45) is 7.61. The van der Waals surface area contributed by atoms with E-state index >= 15 is 0 Å². The predicted molar refractivity (Wildman–Crippen MR) is 132 cm³/mol. The van der Waals surface area contributed by atoms with Gasteiger partial charge in [0.15, 0.2) is 8.32 Å². The van der Waals surface area contributed by atoms with Crippen LogP contribution in [0.4, 0.5) is 5.82 Å². The van der Waals surface area contributed by atoms with E-state index in [4.69, 9.17) is 13.7 Å². The molecule has 3 N–H and O–H groups in total. The molecule has 0 aromatic carbocycles. The van der Waals surface area contributed by atoms with Crippen LogP contribution >= 0.6 is 0 Å². The Balaban J connectivity index is 1.57. The molecule has 0 saturated heterocycles. The van der Waals surface area contributed by atoms with Gasteiger partial charge in [-0.05, 0) is 55.8 Å². The zero-order valence-corrected chi connectivity index (χ0v) is 22.1. The lowest BCUT2D eigenvalue weighted by Crippen LogP contribution is -2.45. The summed E-state index contributed by atoms with van der Waals surface area (Å²) in [7, 11) is -6.07. The molecule has 11 heteroatoms. The summed E-state index contributed by atoms with van der Waals surface area (Å²) in [6.45, 7) is 12.0. The summed E-state index contributed by atoms with van der Waals surface area (Å²) in [5.41, 5.74) is 0.882. The van der Waals surface area contributed by atoms with Gasteiger partial charge in [-0.15, -0.1) is 0 Å². The predicted octanol–water partition coefficient (Wildman–Crippen LogP) is 3.81. The Morgan fingerprint density at radius 3 is 2.61 bits per heavy atom. The van der Waals surface area contributed by atoms with E-state index < -0.39 is 18.6 Å². The molecule has 4 rings (SSSR count). The lowest BCUT2D eigenvalue weighted by atomic mass is 10.1. The molecule has 2 heterocycles. The van der Waals surface area contributed by atoms with Crippen LogP contribution in [-0.2, 0) is 18.9 Å². The van der Waals surface area contributed by atoms with Crippen LogP contribution < -0.4 is 10.5 Å². The minimum Gasteiger partial charge on any atom is -0.413 e. The molecule has 3 unspecified atom stereocenters. The van der Waals surface area contributed by atoms with Crippen LogP contribution in [0.1, 0.15) is 52.5 Å². The van der Waals surface area contributed by atoms with Gasteiger partial charge < -0.3 is 14.3 Å². The maximum Gasteiger partial charge on any atom is 0.333 e. The zero-order chi connectivity index (χ0) is 24.0. The SMILES string of the molecule is CC(C)(C)[Si](C)(C)OC1CC(n2ccc3c(NCC4CC4)ncnc32)CC1COS(N)(=O)=O. The minimum absolute atomic E-state index is 0.0248. The first-order valence-electron chi connectivity index (χ1n) is 11.7. The number of aromatic nitrogens is 3. The average Bonchev–Trinajstić information content (AvgIpc) is 3.29. The minimum atomic E-state index is -4.01. The molecular weight excluding hydrogens is 458 g/mol. The van der Waals surface area contributed by atoms with Crippen LogP contribution in [-0.4, -0.2) is 50.5 Å². The molecule has 2 aromatic heterocycles. The van der Waals surface area contributed by atoms with E-state index in [0.29, 0.717) is 0 Å². The van der Waals surface area contributed by atoms with E-state index in [9.17, 15) is 8.42 Å². The third-order valence-electron chi connectivity index (χ3n) is 7.46. The number of hydrogen-bond acceptors (Lipinski definition) is 7. The van der Waals surface area contributed by atoms with Crippen LogP contribution in [0.2, 0.25) is 18.1 Å². The number of fused-ring (bicyclic) bond motifs is 1. The number of anilines is 1. The molecule has 0 spiro atoms.